The summed E-state index contributed by atoms with van der Waals surface area (Å²) in [6, 6.07) is 8.58. The molecule has 1 fully saturated rings. The van der Waals surface area contributed by atoms with E-state index in [4.69, 9.17) is 0 Å². The van der Waals surface area contributed by atoms with Gasteiger partial charge in [0.15, 0.2) is 0 Å². The molecule has 0 radical (unpaired) electrons. The van der Waals surface area contributed by atoms with Crippen molar-refractivity contribution in [2.24, 2.45) is 0 Å². The van der Waals surface area contributed by atoms with Crippen LogP contribution in [0.15, 0.2) is 48.9 Å². The standard InChI is InChI=1S/C19H19N5O2/c25-18(22-15-7-3-5-13-12-21-23-17(13)15)16-8-1-2-10-24(16)19(26)14-6-4-9-20-11-14/h3-7,9,11-12,16H,1-2,8,10H2,(H,21,23)(H,22,25)/t16-/m0/s1. The van der Waals surface area contributed by atoms with Gasteiger partial charge in [-0.2, -0.15) is 5.10 Å². The van der Waals surface area contributed by atoms with E-state index in [2.05, 4.69) is 20.5 Å². The van der Waals surface area contributed by atoms with Crippen LogP contribution in [0.25, 0.3) is 10.9 Å². The Bertz CT molecular complexity index is 937. The second-order valence-electron chi connectivity index (χ2n) is 6.38. The number of nitrogens with zero attached hydrogens (tertiary/aromatic N) is 3. The maximum Gasteiger partial charge on any atom is 0.256 e. The number of carbonyl (C=O) groups is 2. The van der Waals surface area contributed by atoms with Crippen molar-refractivity contribution in [2.75, 3.05) is 11.9 Å². The van der Waals surface area contributed by atoms with Gasteiger partial charge in [-0.25, -0.2) is 0 Å². The third-order valence-corrected chi connectivity index (χ3v) is 4.71. The van der Waals surface area contributed by atoms with Crippen LogP contribution in [0.3, 0.4) is 0 Å². The Hall–Kier alpha value is -3.22. The lowest BCUT2D eigenvalue weighted by molar-refractivity contribution is -0.121. The van der Waals surface area contributed by atoms with E-state index < -0.39 is 6.04 Å². The molecule has 4 rings (SSSR count). The number of amides is 2. The number of hydrogen-bond acceptors (Lipinski definition) is 4. The fourth-order valence-corrected chi connectivity index (χ4v) is 3.39. The molecule has 0 bridgehead atoms. The normalized spacial score (nSPS) is 17.2. The third-order valence-electron chi connectivity index (χ3n) is 4.71. The van der Waals surface area contributed by atoms with Crippen molar-refractivity contribution in [3.63, 3.8) is 0 Å². The first-order valence-electron chi connectivity index (χ1n) is 8.68. The van der Waals surface area contributed by atoms with Crippen LogP contribution < -0.4 is 5.32 Å². The second kappa shape index (κ2) is 6.95. The van der Waals surface area contributed by atoms with Gasteiger partial charge < -0.3 is 10.2 Å². The molecule has 26 heavy (non-hydrogen) atoms. The lowest BCUT2D eigenvalue weighted by Gasteiger charge is -2.34. The van der Waals surface area contributed by atoms with E-state index >= 15 is 0 Å². The molecule has 132 valence electrons. The number of fused-ring (bicyclic) bond motifs is 1. The number of H-pyrrole nitrogens is 1. The van der Waals surface area contributed by atoms with E-state index in [9.17, 15) is 9.59 Å². The van der Waals surface area contributed by atoms with Crippen LogP contribution in [0, 0.1) is 0 Å². The molecule has 0 aliphatic carbocycles. The van der Waals surface area contributed by atoms with E-state index in [1.165, 1.54) is 6.20 Å². The molecule has 1 atom stereocenters. The molecule has 1 aliphatic heterocycles. The Kier molecular flexibility index (Phi) is 4.35. The van der Waals surface area contributed by atoms with Gasteiger partial charge in [0.05, 0.1) is 23.0 Å². The summed E-state index contributed by atoms with van der Waals surface area (Å²) < 4.78 is 0. The van der Waals surface area contributed by atoms with Gasteiger partial charge in [-0.1, -0.05) is 12.1 Å². The van der Waals surface area contributed by atoms with E-state index in [1.807, 2.05) is 18.2 Å². The number of anilines is 1. The van der Waals surface area contributed by atoms with Crippen LogP contribution >= 0.6 is 0 Å². The number of nitrogens with one attached hydrogen (secondary N) is 2. The predicted molar refractivity (Wildman–Crippen MR) is 97.6 cm³/mol. The summed E-state index contributed by atoms with van der Waals surface area (Å²) in [5.41, 5.74) is 1.95. The molecule has 1 saturated heterocycles. The summed E-state index contributed by atoms with van der Waals surface area (Å²) in [7, 11) is 0. The Morgan fingerprint density at radius 3 is 2.92 bits per heavy atom. The molecule has 7 heteroatoms. The minimum atomic E-state index is -0.491. The number of rotatable bonds is 3. The Labute approximate surface area is 150 Å². The third kappa shape index (κ3) is 3.03. The van der Waals surface area contributed by atoms with Crippen molar-refractivity contribution in [3.8, 4) is 0 Å². The van der Waals surface area contributed by atoms with Gasteiger partial charge in [0.25, 0.3) is 5.91 Å². The van der Waals surface area contributed by atoms with Crippen molar-refractivity contribution >= 4 is 28.4 Å². The highest BCUT2D eigenvalue weighted by Gasteiger charge is 2.33. The lowest BCUT2D eigenvalue weighted by Crippen LogP contribution is -2.50. The number of hydrogen-bond donors (Lipinski definition) is 2. The van der Waals surface area contributed by atoms with Gasteiger partial charge in [0, 0.05) is 24.3 Å². The fourth-order valence-electron chi connectivity index (χ4n) is 3.39. The lowest BCUT2D eigenvalue weighted by atomic mass is 10.00. The van der Waals surface area contributed by atoms with Crippen molar-refractivity contribution in [1.82, 2.24) is 20.1 Å². The quantitative estimate of drug-likeness (QED) is 0.760. The van der Waals surface area contributed by atoms with Crippen molar-refractivity contribution in [1.29, 1.82) is 0 Å². The SMILES string of the molecule is O=C(Nc1cccc2cn[nH]c12)[C@@H]1CCCCN1C(=O)c1cccnc1. The van der Waals surface area contributed by atoms with Gasteiger partial charge in [-0.05, 0) is 37.5 Å². The number of aromatic amines is 1. The van der Waals surface area contributed by atoms with Crippen LogP contribution in [0.5, 0.6) is 0 Å². The van der Waals surface area contributed by atoms with Gasteiger partial charge in [-0.3, -0.25) is 19.7 Å². The van der Waals surface area contributed by atoms with Crippen molar-refractivity contribution < 1.29 is 9.59 Å². The summed E-state index contributed by atoms with van der Waals surface area (Å²) in [6.45, 7) is 0.570. The smallest absolute Gasteiger partial charge is 0.256 e. The number of piperidine rings is 1. The highest BCUT2D eigenvalue weighted by molar-refractivity contribution is 6.04. The Balaban J connectivity index is 1.57. The average Bonchev–Trinajstić information content (AvgIpc) is 3.18. The molecule has 0 saturated carbocycles. The monoisotopic (exact) mass is 349 g/mol. The van der Waals surface area contributed by atoms with Gasteiger partial charge >= 0.3 is 0 Å². The molecule has 1 aromatic carbocycles. The van der Waals surface area contributed by atoms with Gasteiger partial charge in [0.2, 0.25) is 5.91 Å². The molecule has 7 nitrogen and oxygen atoms in total. The molecule has 3 heterocycles. The zero-order valence-electron chi connectivity index (χ0n) is 14.2. The van der Waals surface area contributed by atoms with Crippen molar-refractivity contribution in [3.05, 3.63) is 54.5 Å². The molecule has 2 amide bonds. The van der Waals surface area contributed by atoms with E-state index in [0.717, 1.165) is 23.7 Å². The first-order valence-corrected chi connectivity index (χ1v) is 8.68. The fraction of sp³-hybridized carbons (Fsp3) is 0.263. The zero-order chi connectivity index (χ0) is 17.9. The molecule has 3 aromatic rings. The van der Waals surface area contributed by atoms with E-state index in [1.54, 1.807) is 29.4 Å². The molecule has 1 aliphatic rings. The largest absolute Gasteiger partial charge is 0.327 e. The highest BCUT2D eigenvalue weighted by atomic mass is 16.2. The van der Waals surface area contributed by atoms with Gasteiger partial charge in [-0.15, -0.1) is 0 Å². The minimum absolute atomic E-state index is 0.155. The summed E-state index contributed by atoms with van der Waals surface area (Å²) >= 11 is 0. The Morgan fingerprint density at radius 2 is 2.08 bits per heavy atom. The number of carbonyl (C=O) groups excluding carboxylic acids is 2. The number of likely N-dealkylation sites (tertiary alicyclic amines) is 1. The first-order chi connectivity index (χ1) is 12.7. The Morgan fingerprint density at radius 1 is 1.15 bits per heavy atom. The number of benzene rings is 1. The molecule has 2 N–H and O–H groups in total. The number of aromatic nitrogens is 3. The molecule has 0 spiro atoms. The minimum Gasteiger partial charge on any atom is -0.327 e. The predicted octanol–water partition coefficient (Wildman–Crippen LogP) is 2.59. The maximum atomic E-state index is 12.9. The zero-order valence-corrected chi connectivity index (χ0v) is 14.2. The molecular weight excluding hydrogens is 330 g/mol. The van der Waals surface area contributed by atoms with E-state index in [0.29, 0.717) is 24.2 Å². The first kappa shape index (κ1) is 16.3. The van der Waals surface area contributed by atoms with Crippen LogP contribution in [0.2, 0.25) is 0 Å². The van der Waals surface area contributed by atoms with E-state index in [-0.39, 0.29) is 11.8 Å². The summed E-state index contributed by atoms with van der Waals surface area (Å²) in [5.74, 6) is -0.332. The molecular formula is C19H19N5O2. The van der Waals surface area contributed by atoms with Crippen molar-refractivity contribution in [2.45, 2.75) is 25.3 Å². The van der Waals surface area contributed by atoms with Crippen LogP contribution in [0.1, 0.15) is 29.6 Å². The summed E-state index contributed by atoms with van der Waals surface area (Å²) in [6.07, 6.45) is 7.34. The highest BCUT2D eigenvalue weighted by Crippen LogP contribution is 2.24. The summed E-state index contributed by atoms with van der Waals surface area (Å²) in [5, 5.41) is 10.8. The topological polar surface area (TPSA) is 91.0 Å². The molecule has 0 unspecified atom stereocenters. The molecule has 2 aromatic heterocycles. The maximum absolute atomic E-state index is 12.9. The van der Waals surface area contributed by atoms with Crippen LogP contribution in [-0.2, 0) is 4.79 Å². The van der Waals surface area contributed by atoms with Crippen LogP contribution in [-0.4, -0.2) is 44.5 Å². The van der Waals surface area contributed by atoms with Crippen LogP contribution in [0.4, 0.5) is 5.69 Å². The average molecular weight is 349 g/mol. The number of para-hydroxylation sites is 1. The van der Waals surface area contributed by atoms with Gasteiger partial charge in [0.1, 0.15) is 6.04 Å². The second-order valence-corrected chi connectivity index (χ2v) is 6.38. The number of pyridine rings is 1. The summed E-state index contributed by atoms with van der Waals surface area (Å²) in [4.78, 5) is 31.4.